The van der Waals surface area contributed by atoms with Gasteiger partial charge in [-0.05, 0) is 5.56 Å². The lowest BCUT2D eigenvalue weighted by Crippen LogP contribution is -2.56. The predicted molar refractivity (Wildman–Crippen MR) is 88.3 cm³/mol. The molecule has 9 heteroatoms. The summed E-state index contributed by atoms with van der Waals surface area (Å²) in [5.74, 6) is -2.17. The van der Waals surface area contributed by atoms with Crippen LogP contribution in [0.3, 0.4) is 0 Å². The van der Waals surface area contributed by atoms with E-state index >= 15 is 0 Å². The van der Waals surface area contributed by atoms with Crippen molar-refractivity contribution in [1.82, 2.24) is 15.1 Å². The number of carbonyl (C=O) groups is 2. The highest BCUT2D eigenvalue weighted by molar-refractivity contribution is 5.80. The Balaban J connectivity index is 0.000000298. The third-order valence-electron chi connectivity index (χ3n) is 4.31. The molecule has 3 rings (SSSR count). The first kappa shape index (κ1) is 20.2. The Bertz CT molecular complexity index is 598. The van der Waals surface area contributed by atoms with Gasteiger partial charge in [0, 0.05) is 45.8 Å². The molecule has 0 aliphatic carbocycles. The largest absolute Gasteiger partial charge is 0.490 e. The minimum Gasteiger partial charge on any atom is -0.475 e. The number of carboxylic acids is 1. The molecule has 0 atom stereocenters. The zero-order valence-corrected chi connectivity index (χ0v) is 14.2. The van der Waals surface area contributed by atoms with Gasteiger partial charge in [-0.1, -0.05) is 30.3 Å². The number of rotatable bonds is 3. The summed E-state index contributed by atoms with van der Waals surface area (Å²) in [5.41, 5.74) is 1.35. The van der Waals surface area contributed by atoms with Gasteiger partial charge in [0.15, 0.2) is 0 Å². The molecule has 1 aromatic rings. The van der Waals surface area contributed by atoms with Gasteiger partial charge in [0.05, 0.1) is 5.92 Å². The Morgan fingerprint density at radius 3 is 2.04 bits per heavy atom. The maximum atomic E-state index is 12.1. The minimum atomic E-state index is -5.08. The van der Waals surface area contributed by atoms with Gasteiger partial charge in [-0.15, -0.1) is 0 Å². The maximum Gasteiger partial charge on any atom is 0.490 e. The number of halogens is 3. The van der Waals surface area contributed by atoms with E-state index in [0.717, 1.165) is 45.8 Å². The van der Waals surface area contributed by atoms with Crippen molar-refractivity contribution in [2.75, 3.05) is 39.3 Å². The summed E-state index contributed by atoms with van der Waals surface area (Å²) in [6.07, 6.45) is -5.08. The van der Waals surface area contributed by atoms with Gasteiger partial charge in [-0.3, -0.25) is 9.69 Å². The highest BCUT2D eigenvalue weighted by Crippen LogP contribution is 2.14. The molecule has 2 aliphatic heterocycles. The highest BCUT2D eigenvalue weighted by atomic mass is 19.4. The smallest absolute Gasteiger partial charge is 0.475 e. The molecule has 6 nitrogen and oxygen atoms in total. The zero-order valence-electron chi connectivity index (χ0n) is 14.2. The van der Waals surface area contributed by atoms with E-state index in [4.69, 9.17) is 9.90 Å². The van der Waals surface area contributed by atoms with Crippen molar-refractivity contribution >= 4 is 11.9 Å². The van der Waals surface area contributed by atoms with E-state index in [2.05, 4.69) is 34.5 Å². The molecule has 2 saturated heterocycles. The highest BCUT2D eigenvalue weighted by Gasteiger charge is 2.38. The van der Waals surface area contributed by atoms with Crippen LogP contribution < -0.4 is 5.32 Å². The number of benzene rings is 1. The van der Waals surface area contributed by atoms with E-state index in [1.807, 2.05) is 11.0 Å². The van der Waals surface area contributed by atoms with Gasteiger partial charge in [-0.25, -0.2) is 4.79 Å². The second kappa shape index (κ2) is 9.00. The number of nitrogens with one attached hydrogen (secondary N) is 1. The molecule has 1 amide bonds. The monoisotopic (exact) mass is 373 g/mol. The van der Waals surface area contributed by atoms with Crippen LogP contribution in [-0.4, -0.2) is 72.2 Å². The molecule has 2 N–H and O–H groups in total. The number of alkyl halides is 3. The summed E-state index contributed by atoms with van der Waals surface area (Å²) in [5, 5.41) is 10.3. The van der Waals surface area contributed by atoms with Crippen molar-refractivity contribution in [1.29, 1.82) is 0 Å². The molecule has 2 heterocycles. The van der Waals surface area contributed by atoms with Gasteiger partial charge in [0.1, 0.15) is 0 Å². The molecule has 0 bridgehead atoms. The van der Waals surface area contributed by atoms with E-state index in [1.54, 1.807) is 0 Å². The second-order valence-corrected chi connectivity index (χ2v) is 6.25. The Labute approximate surface area is 149 Å². The third kappa shape index (κ3) is 5.99. The van der Waals surface area contributed by atoms with E-state index in [1.165, 1.54) is 5.56 Å². The first-order valence-electron chi connectivity index (χ1n) is 8.33. The minimum absolute atomic E-state index is 0.237. The molecule has 0 aromatic heterocycles. The average Bonchev–Trinajstić information content (AvgIpc) is 2.54. The number of piperazine rings is 1. The summed E-state index contributed by atoms with van der Waals surface area (Å²) in [6, 6.07) is 10.5. The first-order valence-corrected chi connectivity index (χ1v) is 8.33. The topological polar surface area (TPSA) is 72.9 Å². The lowest BCUT2D eigenvalue weighted by Gasteiger charge is -2.38. The van der Waals surface area contributed by atoms with Crippen molar-refractivity contribution in [3.8, 4) is 0 Å². The van der Waals surface area contributed by atoms with Crippen LogP contribution in [0.25, 0.3) is 0 Å². The Kier molecular flexibility index (Phi) is 6.98. The fourth-order valence-corrected chi connectivity index (χ4v) is 2.69. The molecule has 2 fully saturated rings. The Hall–Kier alpha value is -2.13. The average molecular weight is 373 g/mol. The molecule has 0 radical (unpaired) electrons. The van der Waals surface area contributed by atoms with Crippen LogP contribution in [0.1, 0.15) is 5.56 Å². The van der Waals surface area contributed by atoms with Crippen LogP contribution in [-0.2, 0) is 16.1 Å². The van der Waals surface area contributed by atoms with E-state index < -0.39 is 12.1 Å². The summed E-state index contributed by atoms with van der Waals surface area (Å²) in [6.45, 7) is 6.45. The molecule has 2 aliphatic rings. The quantitative estimate of drug-likeness (QED) is 0.833. The lowest BCUT2D eigenvalue weighted by atomic mass is 10.0. The van der Waals surface area contributed by atoms with E-state index in [-0.39, 0.29) is 5.92 Å². The van der Waals surface area contributed by atoms with Gasteiger partial charge in [-0.2, -0.15) is 13.2 Å². The van der Waals surface area contributed by atoms with Crippen molar-refractivity contribution in [2.24, 2.45) is 5.92 Å². The zero-order chi connectivity index (χ0) is 19.2. The molecule has 0 spiro atoms. The molecule has 1 aromatic carbocycles. The molecule has 0 unspecified atom stereocenters. The van der Waals surface area contributed by atoms with Gasteiger partial charge < -0.3 is 15.3 Å². The Morgan fingerprint density at radius 1 is 1.08 bits per heavy atom. The van der Waals surface area contributed by atoms with Crippen molar-refractivity contribution in [2.45, 2.75) is 12.7 Å². The maximum absolute atomic E-state index is 12.1. The fraction of sp³-hybridized carbons (Fsp3) is 0.529. The van der Waals surface area contributed by atoms with E-state index in [0.29, 0.717) is 5.91 Å². The summed E-state index contributed by atoms with van der Waals surface area (Å²) in [4.78, 5) is 25.5. The predicted octanol–water partition coefficient (Wildman–Crippen LogP) is 1.18. The lowest BCUT2D eigenvalue weighted by molar-refractivity contribution is -0.192. The summed E-state index contributed by atoms with van der Waals surface area (Å²) < 4.78 is 31.7. The molecule has 144 valence electrons. The standard InChI is InChI=1S/C15H21N3O.C2HF3O2/c19-15(14-10-16-11-14)18-8-6-17(7-9-18)12-13-4-2-1-3-5-13;3-2(4,5)1(6)7/h1-5,14,16H,6-12H2;(H,6,7). The summed E-state index contributed by atoms with van der Waals surface area (Å²) >= 11 is 0. The number of carbonyl (C=O) groups excluding carboxylic acids is 1. The molecular weight excluding hydrogens is 351 g/mol. The van der Waals surface area contributed by atoms with Crippen LogP contribution in [0.5, 0.6) is 0 Å². The summed E-state index contributed by atoms with van der Waals surface area (Å²) in [7, 11) is 0. The molecule has 26 heavy (non-hydrogen) atoms. The number of aliphatic carboxylic acids is 1. The SMILES string of the molecule is O=C(C1CNC1)N1CCN(Cc2ccccc2)CC1.O=C(O)C(F)(F)F. The van der Waals surface area contributed by atoms with Crippen LogP contribution >= 0.6 is 0 Å². The number of hydrogen-bond donors (Lipinski definition) is 2. The van der Waals surface area contributed by atoms with Crippen molar-refractivity contribution < 1.29 is 27.9 Å². The number of nitrogens with zero attached hydrogens (tertiary/aromatic N) is 2. The molecule has 0 saturated carbocycles. The van der Waals surface area contributed by atoms with Crippen LogP contribution in [0, 0.1) is 5.92 Å². The number of hydrogen-bond acceptors (Lipinski definition) is 4. The number of carboxylic acid groups (broad SMARTS) is 1. The van der Waals surface area contributed by atoms with Crippen molar-refractivity contribution in [3.05, 3.63) is 35.9 Å². The van der Waals surface area contributed by atoms with Gasteiger partial charge >= 0.3 is 12.1 Å². The normalized spacial score (nSPS) is 18.5. The van der Waals surface area contributed by atoms with E-state index in [9.17, 15) is 18.0 Å². The van der Waals surface area contributed by atoms with Gasteiger partial charge in [0.25, 0.3) is 0 Å². The number of amides is 1. The third-order valence-corrected chi connectivity index (χ3v) is 4.31. The van der Waals surface area contributed by atoms with Crippen LogP contribution in [0.4, 0.5) is 13.2 Å². The van der Waals surface area contributed by atoms with Gasteiger partial charge in [0.2, 0.25) is 5.91 Å². The van der Waals surface area contributed by atoms with Crippen molar-refractivity contribution in [3.63, 3.8) is 0 Å². The van der Waals surface area contributed by atoms with Crippen LogP contribution in [0.2, 0.25) is 0 Å². The van der Waals surface area contributed by atoms with Crippen LogP contribution in [0.15, 0.2) is 30.3 Å². The molecular formula is C17H22F3N3O3. The second-order valence-electron chi connectivity index (χ2n) is 6.25. The fourth-order valence-electron chi connectivity index (χ4n) is 2.69. The Morgan fingerprint density at radius 2 is 1.62 bits per heavy atom. The first-order chi connectivity index (χ1) is 12.3.